The fourth-order valence-corrected chi connectivity index (χ4v) is 3.07. The predicted octanol–water partition coefficient (Wildman–Crippen LogP) is 1.79. The van der Waals surface area contributed by atoms with Crippen LogP contribution in [-0.4, -0.2) is 42.9 Å². The molecule has 3 N–H and O–H groups in total. The van der Waals surface area contributed by atoms with Crippen molar-refractivity contribution in [2.75, 3.05) is 26.2 Å². The Balaban J connectivity index is 0.00000441. The van der Waals surface area contributed by atoms with Crippen molar-refractivity contribution in [2.45, 2.75) is 46.5 Å². The van der Waals surface area contributed by atoms with Gasteiger partial charge in [0.2, 0.25) is 11.8 Å². The first-order valence-electron chi connectivity index (χ1n) is 8.19. The van der Waals surface area contributed by atoms with Gasteiger partial charge < -0.3 is 16.0 Å². The summed E-state index contributed by atoms with van der Waals surface area (Å²) in [4.78, 5) is 26.2. The molecule has 0 saturated carbocycles. The number of carbonyl (C=O) groups excluding carboxylic acids is 2. The van der Waals surface area contributed by atoms with Gasteiger partial charge in [0.25, 0.3) is 0 Å². The summed E-state index contributed by atoms with van der Waals surface area (Å²) in [6, 6.07) is 0. The second kappa shape index (κ2) is 10.8. The van der Waals surface area contributed by atoms with E-state index >= 15 is 0 Å². The van der Waals surface area contributed by atoms with Crippen molar-refractivity contribution in [3.05, 3.63) is 0 Å². The fraction of sp³-hybridized carbons (Fsp3) is 0.875. The van der Waals surface area contributed by atoms with Gasteiger partial charge in [0.1, 0.15) is 0 Å². The molecule has 130 valence electrons. The molecule has 2 unspecified atom stereocenters. The molecular formula is C16H32ClN3O2. The summed E-state index contributed by atoms with van der Waals surface area (Å²) in [5, 5.41) is 2.83. The van der Waals surface area contributed by atoms with Crippen LogP contribution < -0.4 is 11.1 Å². The van der Waals surface area contributed by atoms with Gasteiger partial charge in [-0.05, 0) is 31.1 Å². The molecule has 1 fully saturated rings. The Hall–Kier alpha value is -0.810. The Morgan fingerprint density at radius 1 is 1.32 bits per heavy atom. The Bertz CT molecular complexity index is 350. The first-order chi connectivity index (χ1) is 9.93. The van der Waals surface area contributed by atoms with Gasteiger partial charge >= 0.3 is 0 Å². The number of piperidine rings is 1. The van der Waals surface area contributed by atoms with Crippen molar-refractivity contribution in [2.24, 2.45) is 23.5 Å². The van der Waals surface area contributed by atoms with E-state index in [1.54, 1.807) is 0 Å². The summed E-state index contributed by atoms with van der Waals surface area (Å²) < 4.78 is 0. The Kier molecular flexibility index (Phi) is 10.4. The Labute approximate surface area is 140 Å². The minimum absolute atomic E-state index is 0. The highest BCUT2D eigenvalue weighted by Gasteiger charge is 2.28. The zero-order valence-electron chi connectivity index (χ0n) is 14.1. The van der Waals surface area contributed by atoms with Gasteiger partial charge in [-0.15, -0.1) is 12.4 Å². The molecule has 5 nitrogen and oxygen atoms in total. The maximum atomic E-state index is 12.3. The molecule has 6 heteroatoms. The predicted molar refractivity (Wildman–Crippen MR) is 91.9 cm³/mol. The lowest BCUT2D eigenvalue weighted by atomic mass is 9.93. The van der Waals surface area contributed by atoms with Crippen LogP contribution in [0.4, 0.5) is 0 Å². The quantitative estimate of drug-likeness (QED) is 0.746. The average molecular weight is 334 g/mol. The van der Waals surface area contributed by atoms with Gasteiger partial charge in [-0.1, -0.05) is 20.8 Å². The van der Waals surface area contributed by atoms with E-state index in [9.17, 15) is 9.59 Å². The molecule has 1 rings (SSSR count). The van der Waals surface area contributed by atoms with Crippen LogP contribution in [0.2, 0.25) is 0 Å². The molecule has 1 heterocycles. The van der Waals surface area contributed by atoms with E-state index in [-0.39, 0.29) is 30.1 Å². The normalized spacial score (nSPS) is 19.5. The van der Waals surface area contributed by atoms with E-state index in [1.165, 1.54) is 0 Å². The van der Waals surface area contributed by atoms with Crippen molar-refractivity contribution in [3.8, 4) is 0 Å². The third kappa shape index (κ3) is 7.45. The minimum Gasteiger partial charge on any atom is -0.355 e. The number of hydrogen-bond donors (Lipinski definition) is 2. The van der Waals surface area contributed by atoms with Crippen LogP contribution in [0.3, 0.4) is 0 Å². The zero-order valence-corrected chi connectivity index (χ0v) is 15.0. The van der Waals surface area contributed by atoms with Gasteiger partial charge in [-0.25, -0.2) is 0 Å². The smallest absolute Gasteiger partial charge is 0.224 e. The largest absolute Gasteiger partial charge is 0.355 e. The molecule has 0 radical (unpaired) electrons. The number of likely N-dealkylation sites (tertiary alicyclic amines) is 1. The summed E-state index contributed by atoms with van der Waals surface area (Å²) in [5.74, 6) is 1.18. The lowest BCUT2D eigenvalue weighted by Gasteiger charge is -2.33. The molecular weight excluding hydrogens is 302 g/mol. The monoisotopic (exact) mass is 333 g/mol. The lowest BCUT2D eigenvalue weighted by molar-refractivity contribution is -0.136. The van der Waals surface area contributed by atoms with Crippen molar-refractivity contribution >= 4 is 24.2 Å². The van der Waals surface area contributed by atoms with Crippen LogP contribution in [0.5, 0.6) is 0 Å². The van der Waals surface area contributed by atoms with Gasteiger partial charge in [-0.3, -0.25) is 9.59 Å². The van der Waals surface area contributed by atoms with Gasteiger partial charge in [-0.2, -0.15) is 0 Å². The number of halogens is 1. The number of rotatable bonds is 7. The summed E-state index contributed by atoms with van der Waals surface area (Å²) in [5.41, 5.74) is 5.40. The van der Waals surface area contributed by atoms with Crippen molar-refractivity contribution in [3.63, 3.8) is 0 Å². The topological polar surface area (TPSA) is 75.4 Å². The van der Waals surface area contributed by atoms with E-state index in [4.69, 9.17) is 5.73 Å². The molecule has 0 aromatic rings. The molecule has 2 amide bonds. The van der Waals surface area contributed by atoms with Crippen LogP contribution in [0.25, 0.3) is 0 Å². The van der Waals surface area contributed by atoms with Crippen LogP contribution in [-0.2, 0) is 9.59 Å². The number of hydrogen-bond acceptors (Lipinski definition) is 3. The minimum atomic E-state index is -0.0744. The zero-order chi connectivity index (χ0) is 15.8. The number of nitrogens with two attached hydrogens (primary N) is 1. The van der Waals surface area contributed by atoms with E-state index in [0.717, 1.165) is 25.8 Å². The number of nitrogens with zero attached hydrogens (tertiary/aromatic N) is 1. The molecule has 1 saturated heterocycles. The summed E-state index contributed by atoms with van der Waals surface area (Å²) in [7, 11) is 0. The summed E-state index contributed by atoms with van der Waals surface area (Å²) >= 11 is 0. The molecule has 0 aromatic heterocycles. The molecule has 22 heavy (non-hydrogen) atoms. The van der Waals surface area contributed by atoms with Crippen molar-refractivity contribution < 1.29 is 9.59 Å². The number of nitrogens with one attached hydrogen (secondary N) is 1. The molecule has 1 aliphatic heterocycles. The molecule has 0 spiro atoms. The maximum Gasteiger partial charge on any atom is 0.224 e. The van der Waals surface area contributed by atoms with E-state index in [1.807, 2.05) is 4.90 Å². The Morgan fingerprint density at radius 2 is 2.00 bits per heavy atom. The maximum absolute atomic E-state index is 12.3. The summed E-state index contributed by atoms with van der Waals surface area (Å²) in [6.07, 6.45) is 3.43. The standard InChI is InChI=1S/C16H31N3O2.ClH/c1-12(2)9-13(3)10-15(20)19-8-4-5-14(11-19)16(21)18-7-6-17;/h12-14H,4-11,17H2,1-3H3,(H,18,21);1H. The molecule has 0 aliphatic carbocycles. The molecule has 2 atom stereocenters. The number of amides is 2. The lowest BCUT2D eigenvalue weighted by Crippen LogP contribution is -2.46. The van der Waals surface area contributed by atoms with Crippen LogP contribution in [0.15, 0.2) is 0 Å². The molecule has 1 aliphatic rings. The van der Waals surface area contributed by atoms with Gasteiger partial charge in [0, 0.05) is 32.6 Å². The van der Waals surface area contributed by atoms with Crippen LogP contribution in [0.1, 0.15) is 46.5 Å². The molecule has 0 aromatic carbocycles. The van der Waals surface area contributed by atoms with E-state index < -0.39 is 0 Å². The highest BCUT2D eigenvalue weighted by atomic mass is 35.5. The second-order valence-electron chi connectivity index (χ2n) is 6.70. The van der Waals surface area contributed by atoms with E-state index in [0.29, 0.717) is 37.9 Å². The van der Waals surface area contributed by atoms with Crippen molar-refractivity contribution in [1.82, 2.24) is 10.2 Å². The third-order valence-electron chi connectivity index (χ3n) is 3.99. The highest BCUT2D eigenvalue weighted by Crippen LogP contribution is 2.20. The summed E-state index contributed by atoms with van der Waals surface area (Å²) in [6.45, 7) is 8.80. The SMILES string of the molecule is CC(C)CC(C)CC(=O)N1CCCC(C(=O)NCCN)C1.Cl. The first kappa shape index (κ1) is 21.2. The average Bonchev–Trinajstić information content (AvgIpc) is 2.43. The first-order valence-corrected chi connectivity index (χ1v) is 8.19. The van der Waals surface area contributed by atoms with Gasteiger partial charge in [0.15, 0.2) is 0 Å². The second-order valence-corrected chi connectivity index (χ2v) is 6.70. The van der Waals surface area contributed by atoms with Crippen molar-refractivity contribution in [1.29, 1.82) is 0 Å². The van der Waals surface area contributed by atoms with Gasteiger partial charge in [0.05, 0.1) is 5.92 Å². The number of carbonyl (C=O) groups is 2. The Morgan fingerprint density at radius 3 is 2.59 bits per heavy atom. The van der Waals surface area contributed by atoms with Crippen LogP contribution >= 0.6 is 12.4 Å². The van der Waals surface area contributed by atoms with Crippen LogP contribution in [0, 0.1) is 17.8 Å². The highest BCUT2D eigenvalue weighted by molar-refractivity contribution is 5.85. The third-order valence-corrected chi connectivity index (χ3v) is 3.99. The molecule has 0 bridgehead atoms. The van der Waals surface area contributed by atoms with E-state index in [2.05, 4.69) is 26.1 Å². The fourth-order valence-electron chi connectivity index (χ4n) is 3.07.